The molecule has 0 fully saturated rings. The highest BCUT2D eigenvalue weighted by Crippen LogP contribution is 2.30. The number of nitrogens with one attached hydrogen (secondary N) is 3. The molecule has 1 aromatic heterocycles. The standard InChI is InChI=1S/C21H22N4O5S/c1-30-21(29)22-10-6-3-7-11-31-15-12-14(26)17-16(19(15)27)18(25-24-17)20(28)23-13-8-4-2-5-9-13/h2,4-5,8-9,12H,3,6-7,10-11H2,1H3,(H,22,29)(H,23,28)(H,24,25). The molecule has 1 aliphatic carbocycles. The summed E-state index contributed by atoms with van der Waals surface area (Å²) >= 11 is 1.27. The summed E-state index contributed by atoms with van der Waals surface area (Å²) in [6.07, 6.45) is 3.23. The summed E-state index contributed by atoms with van der Waals surface area (Å²) in [5.74, 6) is -0.708. The molecule has 0 saturated heterocycles. The first-order valence-corrected chi connectivity index (χ1v) is 10.7. The molecule has 9 nitrogen and oxygen atoms in total. The fourth-order valence-corrected chi connectivity index (χ4v) is 3.95. The number of nitrogens with zero attached hydrogens (tertiary/aromatic N) is 1. The Kier molecular flexibility index (Phi) is 7.60. The van der Waals surface area contributed by atoms with E-state index in [1.54, 1.807) is 24.3 Å². The molecule has 2 aromatic rings. The zero-order chi connectivity index (χ0) is 22.2. The summed E-state index contributed by atoms with van der Waals surface area (Å²) in [4.78, 5) is 49.2. The molecule has 0 radical (unpaired) electrons. The number of aromatic amines is 1. The molecule has 0 saturated carbocycles. The Bertz CT molecular complexity index is 1020. The minimum atomic E-state index is -0.561. The summed E-state index contributed by atoms with van der Waals surface area (Å²) < 4.78 is 4.49. The van der Waals surface area contributed by atoms with E-state index in [4.69, 9.17) is 0 Å². The molecule has 31 heavy (non-hydrogen) atoms. The number of aromatic nitrogens is 2. The van der Waals surface area contributed by atoms with Crippen LogP contribution in [0.15, 0.2) is 41.3 Å². The van der Waals surface area contributed by atoms with Gasteiger partial charge in [-0.05, 0) is 30.7 Å². The van der Waals surface area contributed by atoms with E-state index in [9.17, 15) is 19.2 Å². The molecular formula is C21H22N4O5S. The van der Waals surface area contributed by atoms with E-state index >= 15 is 0 Å². The second-order valence-corrected chi connectivity index (χ2v) is 7.81. The Labute approximate surface area is 183 Å². The van der Waals surface area contributed by atoms with Gasteiger partial charge in [0.1, 0.15) is 5.69 Å². The van der Waals surface area contributed by atoms with Crippen molar-refractivity contribution < 1.29 is 23.9 Å². The van der Waals surface area contributed by atoms with Crippen molar-refractivity contribution in [3.8, 4) is 0 Å². The summed E-state index contributed by atoms with van der Waals surface area (Å²) in [6, 6.07) is 8.79. The third-order valence-electron chi connectivity index (χ3n) is 4.51. The molecule has 1 aromatic carbocycles. The SMILES string of the molecule is COC(=O)NCCCCCSC1=CC(=O)c2[nH]nc(C(=O)Nc3ccccc3)c2C1=O. The number of Topliss-reactive ketones (excluding diaryl/α,β-unsaturated/α-hetero) is 1. The Hall–Kier alpha value is -3.40. The zero-order valence-corrected chi connectivity index (χ0v) is 17.7. The highest BCUT2D eigenvalue weighted by Gasteiger charge is 2.33. The van der Waals surface area contributed by atoms with Crippen molar-refractivity contribution in [3.05, 3.63) is 58.3 Å². The third kappa shape index (κ3) is 5.60. The van der Waals surface area contributed by atoms with Gasteiger partial charge in [-0.1, -0.05) is 24.6 Å². The molecule has 0 unspecified atom stereocenters. The van der Waals surface area contributed by atoms with Crippen LogP contribution in [-0.4, -0.2) is 53.2 Å². The van der Waals surface area contributed by atoms with Gasteiger partial charge < -0.3 is 15.4 Å². The fraction of sp³-hybridized carbons (Fsp3) is 0.286. The second kappa shape index (κ2) is 10.6. The van der Waals surface area contributed by atoms with E-state index < -0.39 is 12.0 Å². The number of carbonyl (C=O) groups is 4. The predicted molar refractivity (Wildman–Crippen MR) is 116 cm³/mol. The Morgan fingerprint density at radius 3 is 2.65 bits per heavy atom. The second-order valence-electron chi connectivity index (χ2n) is 6.67. The molecule has 162 valence electrons. The van der Waals surface area contributed by atoms with Gasteiger partial charge in [-0.15, -0.1) is 11.8 Å². The number of unbranched alkanes of at least 4 members (excludes halogenated alkanes) is 2. The van der Waals surface area contributed by atoms with Gasteiger partial charge >= 0.3 is 6.09 Å². The summed E-state index contributed by atoms with van der Waals surface area (Å²) in [5, 5.41) is 11.7. The zero-order valence-electron chi connectivity index (χ0n) is 16.9. The lowest BCUT2D eigenvalue weighted by Crippen LogP contribution is -2.23. The number of benzene rings is 1. The van der Waals surface area contributed by atoms with Crippen molar-refractivity contribution in [2.75, 3.05) is 24.7 Å². The van der Waals surface area contributed by atoms with Crippen molar-refractivity contribution in [3.63, 3.8) is 0 Å². The van der Waals surface area contributed by atoms with Gasteiger partial charge in [0.2, 0.25) is 11.6 Å². The van der Waals surface area contributed by atoms with Gasteiger partial charge in [-0.3, -0.25) is 19.5 Å². The number of alkyl carbamates (subject to hydrolysis) is 1. The van der Waals surface area contributed by atoms with Crippen LogP contribution in [0.25, 0.3) is 0 Å². The van der Waals surface area contributed by atoms with Crippen LogP contribution >= 0.6 is 11.8 Å². The largest absolute Gasteiger partial charge is 0.453 e. The molecule has 1 heterocycles. The van der Waals surface area contributed by atoms with Gasteiger partial charge in [0.15, 0.2) is 5.69 Å². The summed E-state index contributed by atoms with van der Waals surface area (Å²) in [7, 11) is 1.31. The van der Waals surface area contributed by atoms with E-state index in [2.05, 4.69) is 25.6 Å². The monoisotopic (exact) mass is 442 g/mol. The molecule has 2 amide bonds. The maximum absolute atomic E-state index is 12.9. The number of para-hydroxylation sites is 1. The number of carbonyl (C=O) groups excluding carboxylic acids is 4. The van der Waals surface area contributed by atoms with Gasteiger partial charge in [-0.25, -0.2) is 4.79 Å². The van der Waals surface area contributed by atoms with Crippen molar-refractivity contribution in [2.24, 2.45) is 0 Å². The van der Waals surface area contributed by atoms with Crippen molar-refractivity contribution in [2.45, 2.75) is 19.3 Å². The molecule has 3 N–H and O–H groups in total. The summed E-state index contributed by atoms with van der Waals surface area (Å²) in [6.45, 7) is 0.510. The molecule has 0 aliphatic heterocycles. The van der Waals surface area contributed by atoms with Gasteiger partial charge in [0, 0.05) is 18.3 Å². The first-order chi connectivity index (χ1) is 15.0. The number of amides is 2. The van der Waals surface area contributed by atoms with Crippen LogP contribution in [0.3, 0.4) is 0 Å². The number of hydrogen-bond donors (Lipinski definition) is 3. The number of hydrogen-bond acceptors (Lipinski definition) is 7. The average molecular weight is 442 g/mol. The molecule has 0 spiro atoms. The number of allylic oxidation sites excluding steroid dienone is 2. The molecule has 3 rings (SSSR count). The molecular weight excluding hydrogens is 420 g/mol. The van der Waals surface area contributed by atoms with Gasteiger partial charge in [0.05, 0.1) is 17.6 Å². The van der Waals surface area contributed by atoms with E-state index in [0.717, 1.165) is 19.3 Å². The Morgan fingerprint density at radius 1 is 1.13 bits per heavy atom. The van der Waals surface area contributed by atoms with Crippen molar-refractivity contribution in [1.82, 2.24) is 15.5 Å². The number of fused-ring (bicyclic) bond motifs is 1. The average Bonchev–Trinajstić information content (AvgIpc) is 3.23. The topological polar surface area (TPSA) is 130 Å². The summed E-state index contributed by atoms with van der Waals surface area (Å²) in [5.41, 5.74) is 0.495. The van der Waals surface area contributed by atoms with E-state index in [0.29, 0.717) is 22.9 Å². The molecule has 1 aliphatic rings. The normalized spacial score (nSPS) is 12.7. The first kappa shape index (κ1) is 22.3. The number of H-pyrrole nitrogens is 1. The third-order valence-corrected chi connectivity index (χ3v) is 5.61. The van der Waals surface area contributed by atoms with E-state index in [1.807, 2.05) is 6.07 Å². The van der Waals surface area contributed by atoms with Crippen LogP contribution in [0, 0.1) is 0 Å². The number of ether oxygens (including phenoxy) is 1. The molecule has 10 heteroatoms. The minimum Gasteiger partial charge on any atom is -0.453 e. The lowest BCUT2D eigenvalue weighted by Gasteiger charge is -2.12. The quantitative estimate of drug-likeness (QED) is 0.508. The maximum atomic E-state index is 12.9. The van der Waals surface area contributed by atoms with Crippen LogP contribution < -0.4 is 10.6 Å². The Balaban J connectivity index is 1.57. The van der Waals surface area contributed by atoms with Crippen LogP contribution in [0.5, 0.6) is 0 Å². The van der Waals surface area contributed by atoms with E-state index in [-0.39, 0.29) is 28.5 Å². The van der Waals surface area contributed by atoms with Crippen LogP contribution in [-0.2, 0) is 4.74 Å². The van der Waals surface area contributed by atoms with Crippen LogP contribution in [0.2, 0.25) is 0 Å². The Morgan fingerprint density at radius 2 is 1.90 bits per heavy atom. The highest BCUT2D eigenvalue weighted by atomic mass is 32.2. The number of ketones is 2. The van der Waals surface area contributed by atoms with Crippen molar-refractivity contribution >= 4 is 41.0 Å². The number of rotatable bonds is 9. The maximum Gasteiger partial charge on any atom is 0.406 e. The smallest absolute Gasteiger partial charge is 0.406 e. The number of anilines is 1. The van der Waals surface area contributed by atoms with Crippen LogP contribution in [0.1, 0.15) is 50.6 Å². The first-order valence-electron chi connectivity index (χ1n) is 9.71. The van der Waals surface area contributed by atoms with Gasteiger partial charge in [-0.2, -0.15) is 5.10 Å². The minimum absolute atomic E-state index is 0.00529. The van der Waals surface area contributed by atoms with Crippen molar-refractivity contribution in [1.29, 1.82) is 0 Å². The molecule has 0 bridgehead atoms. The number of methoxy groups -OCH3 is 1. The van der Waals surface area contributed by atoms with Gasteiger partial charge in [0.25, 0.3) is 5.91 Å². The lowest BCUT2D eigenvalue weighted by molar-refractivity contribution is 0.0979. The highest BCUT2D eigenvalue weighted by molar-refractivity contribution is 8.04. The number of thioether (sulfide) groups is 1. The predicted octanol–water partition coefficient (Wildman–Crippen LogP) is 3.18. The van der Waals surface area contributed by atoms with Crippen LogP contribution in [0.4, 0.5) is 10.5 Å². The lowest BCUT2D eigenvalue weighted by atomic mass is 9.99. The fourth-order valence-electron chi connectivity index (χ4n) is 2.95. The van der Waals surface area contributed by atoms with E-state index in [1.165, 1.54) is 24.9 Å². The molecule has 0 atom stereocenters.